The van der Waals surface area contributed by atoms with Gasteiger partial charge in [0.15, 0.2) is 5.78 Å². The van der Waals surface area contributed by atoms with Gasteiger partial charge in [-0.05, 0) is 53.2 Å². The van der Waals surface area contributed by atoms with Crippen LogP contribution < -0.4 is 4.74 Å². The molecule has 0 N–H and O–H groups in total. The van der Waals surface area contributed by atoms with Crippen LogP contribution in [0.2, 0.25) is 0 Å². The third-order valence-corrected chi connectivity index (χ3v) is 3.30. The molecule has 1 heterocycles. The monoisotopic (exact) mass is 319 g/mol. The summed E-state index contributed by atoms with van der Waals surface area (Å²) < 4.78 is 6.47. The van der Waals surface area contributed by atoms with Gasteiger partial charge in [0, 0.05) is 23.9 Å². The summed E-state index contributed by atoms with van der Waals surface area (Å²) in [5, 5.41) is 0. The highest BCUT2D eigenvalue weighted by molar-refractivity contribution is 9.10. The first-order chi connectivity index (χ1) is 9.16. The van der Waals surface area contributed by atoms with Gasteiger partial charge >= 0.3 is 0 Å². The lowest BCUT2D eigenvalue weighted by Gasteiger charge is -2.08. The maximum atomic E-state index is 11.2. The molecule has 4 heteroatoms. The summed E-state index contributed by atoms with van der Waals surface area (Å²) in [6.45, 7) is 2.10. The number of Topliss-reactive ketones (excluding diaryl/α,β-unsaturated/α-hetero) is 1. The Morgan fingerprint density at radius 1 is 1.32 bits per heavy atom. The van der Waals surface area contributed by atoms with Gasteiger partial charge in [-0.3, -0.25) is 9.78 Å². The third-order valence-electron chi connectivity index (χ3n) is 2.68. The van der Waals surface area contributed by atoms with E-state index in [0.717, 1.165) is 22.3 Å². The molecule has 0 bridgehead atoms. The number of aromatic nitrogens is 1. The van der Waals surface area contributed by atoms with Crippen molar-refractivity contribution < 1.29 is 9.53 Å². The topological polar surface area (TPSA) is 39.2 Å². The minimum absolute atomic E-state index is 0.0423. The number of ketones is 1. The zero-order chi connectivity index (χ0) is 13.7. The van der Waals surface area contributed by atoms with Crippen molar-refractivity contribution in [1.29, 1.82) is 0 Å². The highest BCUT2D eigenvalue weighted by Crippen LogP contribution is 2.26. The standard InChI is InChI=1S/C15H14BrNO2/c1-11(18)12-5-6-15(14(16)10-12)19-9-7-13-4-2-3-8-17-13/h2-6,8,10H,7,9H2,1H3. The predicted octanol–water partition coefficient (Wildman–Crippen LogP) is 3.67. The molecule has 0 radical (unpaired) electrons. The SMILES string of the molecule is CC(=O)c1ccc(OCCc2ccccn2)c(Br)c1. The van der Waals surface area contributed by atoms with Crippen LogP contribution >= 0.6 is 15.9 Å². The summed E-state index contributed by atoms with van der Waals surface area (Å²) >= 11 is 3.41. The van der Waals surface area contributed by atoms with E-state index in [-0.39, 0.29) is 5.78 Å². The van der Waals surface area contributed by atoms with Crippen LogP contribution in [0, 0.1) is 0 Å². The van der Waals surface area contributed by atoms with Crippen molar-refractivity contribution >= 4 is 21.7 Å². The molecule has 98 valence electrons. The molecule has 0 unspecified atom stereocenters. The molecular weight excluding hydrogens is 306 g/mol. The quantitative estimate of drug-likeness (QED) is 0.789. The molecule has 0 aliphatic rings. The van der Waals surface area contributed by atoms with Crippen molar-refractivity contribution in [2.75, 3.05) is 6.61 Å². The number of ether oxygens (including phenoxy) is 1. The summed E-state index contributed by atoms with van der Waals surface area (Å²) in [5.74, 6) is 0.779. The Balaban J connectivity index is 1.95. The molecule has 0 fully saturated rings. The first-order valence-electron chi connectivity index (χ1n) is 6.00. The van der Waals surface area contributed by atoms with Crippen LogP contribution in [0.15, 0.2) is 47.1 Å². The molecular formula is C15H14BrNO2. The number of nitrogens with zero attached hydrogens (tertiary/aromatic N) is 1. The van der Waals surface area contributed by atoms with Crippen molar-refractivity contribution in [3.8, 4) is 5.75 Å². The van der Waals surface area contributed by atoms with Crippen LogP contribution in [0.1, 0.15) is 23.0 Å². The fourth-order valence-electron chi connectivity index (χ4n) is 1.65. The van der Waals surface area contributed by atoms with Gasteiger partial charge in [0.25, 0.3) is 0 Å². The Bertz CT molecular complexity index is 570. The molecule has 0 atom stereocenters. The molecule has 19 heavy (non-hydrogen) atoms. The third kappa shape index (κ3) is 3.89. The van der Waals surface area contributed by atoms with Gasteiger partial charge in [-0.15, -0.1) is 0 Å². The normalized spacial score (nSPS) is 10.2. The second kappa shape index (κ2) is 6.48. The van der Waals surface area contributed by atoms with Crippen molar-refractivity contribution in [3.05, 3.63) is 58.3 Å². The Hall–Kier alpha value is -1.68. The Morgan fingerprint density at radius 2 is 2.16 bits per heavy atom. The number of hydrogen-bond donors (Lipinski definition) is 0. The zero-order valence-corrected chi connectivity index (χ0v) is 12.2. The molecule has 0 saturated heterocycles. The molecule has 0 aliphatic carbocycles. The van der Waals surface area contributed by atoms with Crippen LogP contribution in [-0.2, 0) is 6.42 Å². The van der Waals surface area contributed by atoms with E-state index >= 15 is 0 Å². The lowest BCUT2D eigenvalue weighted by molar-refractivity contribution is 0.101. The molecule has 0 saturated carbocycles. The number of carbonyl (C=O) groups is 1. The molecule has 2 aromatic rings. The smallest absolute Gasteiger partial charge is 0.159 e. The van der Waals surface area contributed by atoms with Gasteiger partial charge in [-0.2, -0.15) is 0 Å². The Morgan fingerprint density at radius 3 is 2.79 bits per heavy atom. The molecule has 1 aromatic heterocycles. The molecule has 2 rings (SSSR count). The average Bonchev–Trinajstić information content (AvgIpc) is 2.41. The van der Waals surface area contributed by atoms with E-state index in [1.165, 1.54) is 0 Å². The van der Waals surface area contributed by atoms with Gasteiger partial charge in [-0.1, -0.05) is 6.07 Å². The number of carbonyl (C=O) groups excluding carboxylic acids is 1. The van der Waals surface area contributed by atoms with Gasteiger partial charge in [0.2, 0.25) is 0 Å². The molecule has 1 aromatic carbocycles. The minimum Gasteiger partial charge on any atom is -0.492 e. The second-order valence-electron chi connectivity index (χ2n) is 4.12. The maximum absolute atomic E-state index is 11.2. The Labute approximate surface area is 120 Å². The maximum Gasteiger partial charge on any atom is 0.159 e. The van der Waals surface area contributed by atoms with E-state index in [2.05, 4.69) is 20.9 Å². The summed E-state index contributed by atoms with van der Waals surface area (Å²) in [6.07, 6.45) is 2.52. The van der Waals surface area contributed by atoms with Crippen LogP contribution in [0.25, 0.3) is 0 Å². The summed E-state index contributed by atoms with van der Waals surface area (Å²) in [6, 6.07) is 11.2. The number of benzene rings is 1. The molecule has 0 aliphatic heterocycles. The van der Waals surface area contributed by atoms with E-state index in [4.69, 9.17) is 4.74 Å². The zero-order valence-electron chi connectivity index (χ0n) is 10.6. The van der Waals surface area contributed by atoms with Crippen LogP contribution in [0.3, 0.4) is 0 Å². The number of pyridine rings is 1. The minimum atomic E-state index is 0.0423. The van der Waals surface area contributed by atoms with Crippen molar-refractivity contribution in [1.82, 2.24) is 4.98 Å². The average molecular weight is 320 g/mol. The number of rotatable bonds is 5. The van der Waals surface area contributed by atoms with Crippen LogP contribution in [0.5, 0.6) is 5.75 Å². The largest absolute Gasteiger partial charge is 0.492 e. The fraction of sp³-hybridized carbons (Fsp3) is 0.200. The van der Waals surface area contributed by atoms with Crippen LogP contribution in [-0.4, -0.2) is 17.4 Å². The van der Waals surface area contributed by atoms with E-state index < -0.39 is 0 Å². The van der Waals surface area contributed by atoms with Crippen LogP contribution in [0.4, 0.5) is 0 Å². The van der Waals surface area contributed by atoms with Gasteiger partial charge < -0.3 is 4.74 Å². The lowest BCUT2D eigenvalue weighted by atomic mass is 10.1. The van der Waals surface area contributed by atoms with E-state index in [9.17, 15) is 4.79 Å². The first-order valence-corrected chi connectivity index (χ1v) is 6.79. The van der Waals surface area contributed by atoms with Crippen molar-refractivity contribution in [3.63, 3.8) is 0 Å². The van der Waals surface area contributed by atoms with Gasteiger partial charge in [0.1, 0.15) is 5.75 Å². The van der Waals surface area contributed by atoms with Gasteiger partial charge in [-0.25, -0.2) is 0 Å². The fourth-order valence-corrected chi connectivity index (χ4v) is 2.14. The molecule has 0 spiro atoms. The number of hydrogen-bond acceptors (Lipinski definition) is 3. The van der Waals surface area contributed by atoms with E-state index in [1.54, 1.807) is 31.3 Å². The molecule has 3 nitrogen and oxygen atoms in total. The highest BCUT2D eigenvalue weighted by Gasteiger charge is 2.05. The van der Waals surface area contributed by atoms with E-state index in [1.807, 2.05) is 18.2 Å². The summed E-state index contributed by atoms with van der Waals surface area (Å²) in [7, 11) is 0. The Kier molecular flexibility index (Phi) is 4.68. The van der Waals surface area contributed by atoms with E-state index in [0.29, 0.717) is 12.2 Å². The number of halogens is 1. The molecule has 0 amide bonds. The van der Waals surface area contributed by atoms with Gasteiger partial charge in [0.05, 0.1) is 11.1 Å². The predicted molar refractivity (Wildman–Crippen MR) is 77.6 cm³/mol. The first kappa shape index (κ1) is 13.7. The summed E-state index contributed by atoms with van der Waals surface area (Å²) in [4.78, 5) is 15.5. The summed E-state index contributed by atoms with van der Waals surface area (Å²) in [5.41, 5.74) is 1.67. The van der Waals surface area contributed by atoms with Crippen molar-refractivity contribution in [2.45, 2.75) is 13.3 Å². The van der Waals surface area contributed by atoms with Crippen molar-refractivity contribution in [2.24, 2.45) is 0 Å². The second-order valence-corrected chi connectivity index (χ2v) is 4.98. The highest BCUT2D eigenvalue weighted by atomic mass is 79.9. The lowest BCUT2D eigenvalue weighted by Crippen LogP contribution is -2.03.